The SMILES string of the molecule is C[C@@H]1CCCN(c2ccc([C@@H](C)NC(=O)[C@H](C)Oc3ccc(Cl)cc3)cc2)C1. The Balaban J connectivity index is 1.55. The summed E-state index contributed by atoms with van der Waals surface area (Å²) in [4.78, 5) is 14.9. The second-order valence-corrected chi connectivity index (χ2v) is 8.17. The monoisotopic (exact) mass is 400 g/mol. The maximum Gasteiger partial charge on any atom is 0.261 e. The summed E-state index contributed by atoms with van der Waals surface area (Å²) in [5, 5.41) is 3.67. The van der Waals surface area contributed by atoms with Crippen molar-refractivity contribution in [1.82, 2.24) is 5.32 Å². The van der Waals surface area contributed by atoms with E-state index in [-0.39, 0.29) is 11.9 Å². The fourth-order valence-electron chi connectivity index (χ4n) is 3.58. The van der Waals surface area contributed by atoms with Crippen molar-refractivity contribution < 1.29 is 9.53 Å². The molecule has 150 valence electrons. The molecule has 0 aliphatic carbocycles. The first-order valence-electron chi connectivity index (χ1n) is 10.00. The maximum atomic E-state index is 12.5. The molecule has 2 aromatic rings. The second-order valence-electron chi connectivity index (χ2n) is 7.73. The molecule has 28 heavy (non-hydrogen) atoms. The van der Waals surface area contributed by atoms with E-state index in [0.717, 1.165) is 24.6 Å². The van der Waals surface area contributed by atoms with Gasteiger partial charge in [0.2, 0.25) is 0 Å². The molecule has 0 radical (unpaired) electrons. The number of halogens is 1. The normalized spacial score (nSPS) is 19.0. The van der Waals surface area contributed by atoms with Gasteiger partial charge < -0.3 is 15.0 Å². The molecule has 0 aromatic heterocycles. The van der Waals surface area contributed by atoms with Crippen LogP contribution in [-0.2, 0) is 4.79 Å². The van der Waals surface area contributed by atoms with Gasteiger partial charge in [-0.3, -0.25) is 4.79 Å². The van der Waals surface area contributed by atoms with E-state index in [1.54, 1.807) is 31.2 Å². The van der Waals surface area contributed by atoms with Gasteiger partial charge in [-0.2, -0.15) is 0 Å². The Morgan fingerprint density at radius 3 is 2.46 bits per heavy atom. The Hall–Kier alpha value is -2.20. The van der Waals surface area contributed by atoms with Crippen molar-refractivity contribution in [2.24, 2.45) is 5.92 Å². The summed E-state index contributed by atoms with van der Waals surface area (Å²) in [6, 6.07) is 15.4. The number of rotatable bonds is 6. The van der Waals surface area contributed by atoms with Crippen LogP contribution < -0.4 is 15.0 Å². The lowest BCUT2D eigenvalue weighted by Crippen LogP contribution is -2.37. The highest BCUT2D eigenvalue weighted by atomic mass is 35.5. The van der Waals surface area contributed by atoms with Gasteiger partial charge in [-0.05, 0) is 74.6 Å². The largest absolute Gasteiger partial charge is 0.481 e. The van der Waals surface area contributed by atoms with Gasteiger partial charge >= 0.3 is 0 Å². The van der Waals surface area contributed by atoms with Crippen molar-refractivity contribution in [1.29, 1.82) is 0 Å². The quantitative estimate of drug-likeness (QED) is 0.722. The molecular weight excluding hydrogens is 372 g/mol. The first kappa shape index (κ1) is 20.5. The zero-order chi connectivity index (χ0) is 20.1. The fourth-order valence-corrected chi connectivity index (χ4v) is 3.71. The summed E-state index contributed by atoms with van der Waals surface area (Å²) in [6.45, 7) is 8.29. The first-order chi connectivity index (χ1) is 13.4. The van der Waals surface area contributed by atoms with Gasteiger partial charge in [-0.25, -0.2) is 0 Å². The van der Waals surface area contributed by atoms with Gasteiger partial charge in [0, 0.05) is 23.8 Å². The topological polar surface area (TPSA) is 41.6 Å². The van der Waals surface area contributed by atoms with Gasteiger partial charge in [-0.1, -0.05) is 30.7 Å². The van der Waals surface area contributed by atoms with Gasteiger partial charge in [0.25, 0.3) is 5.91 Å². The third kappa shape index (κ3) is 5.41. The van der Waals surface area contributed by atoms with Crippen molar-refractivity contribution in [2.75, 3.05) is 18.0 Å². The molecule has 4 nitrogen and oxygen atoms in total. The number of carbonyl (C=O) groups is 1. The molecule has 1 heterocycles. The van der Waals surface area contributed by atoms with E-state index in [9.17, 15) is 4.79 Å². The summed E-state index contributed by atoms with van der Waals surface area (Å²) in [5.41, 5.74) is 2.34. The Morgan fingerprint density at radius 2 is 1.82 bits per heavy atom. The molecule has 1 fully saturated rings. The summed E-state index contributed by atoms with van der Waals surface area (Å²) in [7, 11) is 0. The molecule has 3 rings (SSSR count). The number of carbonyl (C=O) groups excluding carboxylic acids is 1. The molecule has 2 aromatic carbocycles. The van der Waals surface area contributed by atoms with E-state index < -0.39 is 6.10 Å². The number of ether oxygens (including phenoxy) is 1. The maximum absolute atomic E-state index is 12.5. The Morgan fingerprint density at radius 1 is 1.14 bits per heavy atom. The number of nitrogens with one attached hydrogen (secondary N) is 1. The number of benzene rings is 2. The lowest BCUT2D eigenvalue weighted by molar-refractivity contribution is -0.127. The van der Waals surface area contributed by atoms with E-state index >= 15 is 0 Å². The predicted molar refractivity (Wildman–Crippen MR) is 115 cm³/mol. The highest BCUT2D eigenvalue weighted by Crippen LogP contribution is 2.25. The van der Waals surface area contributed by atoms with E-state index in [4.69, 9.17) is 16.3 Å². The summed E-state index contributed by atoms with van der Waals surface area (Å²) in [5.74, 6) is 1.23. The fraction of sp³-hybridized carbons (Fsp3) is 0.435. The molecule has 0 saturated carbocycles. The van der Waals surface area contributed by atoms with Crippen molar-refractivity contribution in [2.45, 2.75) is 45.8 Å². The molecule has 1 aliphatic rings. The minimum atomic E-state index is -0.585. The van der Waals surface area contributed by atoms with Crippen LogP contribution in [0.15, 0.2) is 48.5 Å². The molecule has 1 aliphatic heterocycles. The smallest absolute Gasteiger partial charge is 0.261 e. The van der Waals surface area contributed by atoms with Crippen LogP contribution >= 0.6 is 11.6 Å². The number of hydrogen-bond acceptors (Lipinski definition) is 3. The zero-order valence-corrected chi connectivity index (χ0v) is 17.6. The van der Waals surface area contributed by atoms with Gasteiger partial charge in [-0.15, -0.1) is 0 Å². The molecule has 0 spiro atoms. The van der Waals surface area contributed by atoms with Crippen LogP contribution in [0, 0.1) is 5.92 Å². The van der Waals surface area contributed by atoms with Crippen LogP contribution in [0.3, 0.4) is 0 Å². The van der Waals surface area contributed by atoms with Crippen molar-refractivity contribution in [3.63, 3.8) is 0 Å². The third-order valence-electron chi connectivity index (χ3n) is 5.27. The average Bonchev–Trinajstić information content (AvgIpc) is 2.69. The van der Waals surface area contributed by atoms with Crippen LogP contribution in [0.5, 0.6) is 5.75 Å². The van der Waals surface area contributed by atoms with E-state index in [1.807, 2.05) is 6.92 Å². The Bertz CT molecular complexity index is 776. The Labute approximate surface area is 172 Å². The molecular formula is C23H29ClN2O2. The van der Waals surface area contributed by atoms with E-state index in [0.29, 0.717) is 10.8 Å². The summed E-state index contributed by atoms with van der Waals surface area (Å²) in [6.07, 6.45) is 1.98. The molecule has 0 unspecified atom stereocenters. The van der Waals surface area contributed by atoms with Gasteiger partial charge in [0.15, 0.2) is 6.10 Å². The van der Waals surface area contributed by atoms with Crippen LogP contribution in [0.2, 0.25) is 5.02 Å². The van der Waals surface area contributed by atoms with Crippen molar-refractivity contribution >= 4 is 23.2 Å². The third-order valence-corrected chi connectivity index (χ3v) is 5.52. The molecule has 5 heteroatoms. The lowest BCUT2D eigenvalue weighted by Gasteiger charge is -2.33. The minimum Gasteiger partial charge on any atom is -0.481 e. The van der Waals surface area contributed by atoms with Crippen molar-refractivity contribution in [3.05, 3.63) is 59.1 Å². The number of amides is 1. The number of anilines is 1. The zero-order valence-electron chi connectivity index (χ0n) is 16.8. The minimum absolute atomic E-state index is 0.0851. The van der Waals surface area contributed by atoms with Crippen LogP contribution in [0.4, 0.5) is 5.69 Å². The number of nitrogens with zero attached hydrogens (tertiary/aromatic N) is 1. The lowest BCUT2D eigenvalue weighted by atomic mass is 9.99. The highest BCUT2D eigenvalue weighted by molar-refractivity contribution is 6.30. The summed E-state index contributed by atoms with van der Waals surface area (Å²) >= 11 is 5.88. The molecule has 0 bridgehead atoms. The average molecular weight is 401 g/mol. The predicted octanol–water partition coefficient (Wildman–Crippen LogP) is 5.22. The molecule has 1 N–H and O–H groups in total. The highest BCUT2D eigenvalue weighted by Gasteiger charge is 2.19. The van der Waals surface area contributed by atoms with E-state index in [1.165, 1.54) is 18.5 Å². The first-order valence-corrected chi connectivity index (χ1v) is 10.4. The number of piperidine rings is 1. The van der Waals surface area contributed by atoms with Gasteiger partial charge in [0.05, 0.1) is 6.04 Å². The Kier molecular flexibility index (Phi) is 6.84. The summed E-state index contributed by atoms with van der Waals surface area (Å²) < 4.78 is 5.70. The standard InChI is InChI=1S/C23H29ClN2O2/c1-16-5-4-14-26(15-16)21-10-6-19(7-11-21)17(2)25-23(27)18(3)28-22-12-8-20(24)9-13-22/h6-13,16-18H,4-5,14-15H2,1-3H3,(H,25,27)/t16-,17-,18+/m1/s1. The van der Waals surface area contributed by atoms with E-state index in [2.05, 4.69) is 41.4 Å². The molecule has 3 atom stereocenters. The van der Waals surface area contributed by atoms with Crippen molar-refractivity contribution in [3.8, 4) is 5.75 Å². The second kappa shape index (κ2) is 9.33. The molecule has 1 amide bonds. The molecule has 1 saturated heterocycles. The van der Waals surface area contributed by atoms with Crippen LogP contribution in [-0.4, -0.2) is 25.1 Å². The van der Waals surface area contributed by atoms with Crippen LogP contribution in [0.1, 0.15) is 45.2 Å². The van der Waals surface area contributed by atoms with Gasteiger partial charge in [0.1, 0.15) is 5.75 Å². The van der Waals surface area contributed by atoms with Crippen LogP contribution in [0.25, 0.3) is 0 Å². The number of hydrogen-bond donors (Lipinski definition) is 1.